The van der Waals surface area contributed by atoms with E-state index in [2.05, 4.69) is 17.4 Å². The van der Waals surface area contributed by atoms with Gasteiger partial charge >= 0.3 is 5.97 Å². The summed E-state index contributed by atoms with van der Waals surface area (Å²) in [7, 11) is 0. The fourth-order valence-electron chi connectivity index (χ4n) is 4.11. The smallest absolute Gasteiger partial charge is 0.314 e. The van der Waals surface area contributed by atoms with Gasteiger partial charge in [0.25, 0.3) is 0 Å². The number of carbonyl (C=O) groups is 2. The van der Waals surface area contributed by atoms with Gasteiger partial charge in [0, 0.05) is 17.7 Å². The molecule has 30 heavy (non-hydrogen) atoms. The fourth-order valence-corrected chi connectivity index (χ4v) is 4.11. The summed E-state index contributed by atoms with van der Waals surface area (Å²) in [6.45, 7) is 2.36. The molecule has 152 valence electrons. The molecule has 5 rings (SSSR count). The number of fused-ring (bicyclic) bond motifs is 3. The molecule has 1 amide bonds. The Hall–Kier alpha value is -3.34. The van der Waals surface area contributed by atoms with Crippen molar-refractivity contribution in [1.29, 1.82) is 0 Å². The van der Waals surface area contributed by atoms with Crippen molar-refractivity contribution in [2.24, 2.45) is 5.92 Å². The molecule has 0 radical (unpaired) electrons. The third-order valence-corrected chi connectivity index (χ3v) is 5.78. The van der Waals surface area contributed by atoms with E-state index in [4.69, 9.17) is 9.47 Å². The van der Waals surface area contributed by atoms with Crippen LogP contribution in [0.5, 0.6) is 11.5 Å². The third kappa shape index (κ3) is 3.41. The van der Waals surface area contributed by atoms with Gasteiger partial charge in [-0.2, -0.15) is 0 Å². The van der Waals surface area contributed by atoms with Crippen LogP contribution in [0.25, 0.3) is 10.8 Å². The van der Waals surface area contributed by atoms with Crippen LogP contribution in [0.15, 0.2) is 54.6 Å². The second-order valence-electron chi connectivity index (χ2n) is 7.89. The summed E-state index contributed by atoms with van der Waals surface area (Å²) in [5.41, 5.74) is 2.92. The Labute approximate surface area is 175 Å². The highest BCUT2D eigenvalue weighted by Crippen LogP contribution is 2.43. The van der Waals surface area contributed by atoms with Crippen LogP contribution in [0.3, 0.4) is 0 Å². The first-order chi connectivity index (χ1) is 14.6. The lowest BCUT2D eigenvalue weighted by atomic mass is 9.83. The predicted octanol–water partition coefficient (Wildman–Crippen LogP) is 5.03. The first-order valence-electron chi connectivity index (χ1n) is 10.4. The standard InChI is InChI=1S/C25H23NO4/c1-2-29-22-13-17(10-12-21(22)30-25(28)16-7-8-16)20-14-23(27)26-24-18-6-4-3-5-15(18)9-11-19(20)24/h3-6,9-13,16,20H,2,7-8,14H2,1H3,(H,26,27)/t20-/m1/s1. The fraction of sp³-hybridized carbons (Fsp3) is 0.280. The van der Waals surface area contributed by atoms with Gasteiger partial charge < -0.3 is 14.8 Å². The molecule has 1 atom stereocenters. The van der Waals surface area contributed by atoms with Crippen LogP contribution in [0.1, 0.15) is 43.2 Å². The highest BCUT2D eigenvalue weighted by molar-refractivity contribution is 6.06. The lowest BCUT2D eigenvalue weighted by Crippen LogP contribution is -2.23. The van der Waals surface area contributed by atoms with Crippen LogP contribution in [0.2, 0.25) is 0 Å². The molecule has 1 fully saturated rings. The van der Waals surface area contributed by atoms with Gasteiger partial charge in [0.1, 0.15) is 0 Å². The molecule has 1 heterocycles. The monoisotopic (exact) mass is 401 g/mol. The molecule has 0 bridgehead atoms. The zero-order valence-electron chi connectivity index (χ0n) is 16.8. The Bertz CT molecular complexity index is 1150. The topological polar surface area (TPSA) is 64.6 Å². The Kier molecular flexibility index (Phi) is 4.66. The van der Waals surface area contributed by atoms with Gasteiger partial charge in [0.05, 0.1) is 18.2 Å². The highest BCUT2D eigenvalue weighted by Gasteiger charge is 2.33. The molecule has 5 nitrogen and oxygen atoms in total. The number of benzene rings is 3. The van der Waals surface area contributed by atoms with E-state index < -0.39 is 0 Å². The molecule has 1 aliphatic carbocycles. The molecule has 5 heteroatoms. The number of rotatable bonds is 5. The van der Waals surface area contributed by atoms with Crippen LogP contribution in [0.4, 0.5) is 5.69 Å². The Morgan fingerprint density at radius 2 is 1.90 bits per heavy atom. The quantitative estimate of drug-likeness (QED) is 0.481. The van der Waals surface area contributed by atoms with Gasteiger partial charge in [0.15, 0.2) is 11.5 Å². The number of nitrogens with one attached hydrogen (secondary N) is 1. The summed E-state index contributed by atoms with van der Waals surface area (Å²) in [6, 6.07) is 17.8. The van der Waals surface area contributed by atoms with Crippen molar-refractivity contribution in [3.05, 3.63) is 65.7 Å². The van der Waals surface area contributed by atoms with Crippen molar-refractivity contribution < 1.29 is 19.1 Å². The zero-order valence-corrected chi connectivity index (χ0v) is 16.8. The summed E-state index contributed by atoms with van der Waals surface area (Å²) in [5, 5.41) is 5.19. The van der Waals surface area contributed by atoms with E-state index >= 15 is 0 Å². The van der Waals surface area contributed by atoms with E-state index in [1.54, 1.807) is 6.07 Å². The van der Waals surface area contributed by atoms with E-state index in [0.29, 0.717) is 24.5 Å². The SMILES string of the molecule is CCOc1cc([C@H]2CC(=O)Nc3c2ccc2ccccc32)ccc1OC(=O)C1CC1. The second-order valence-corrected chi connectivity index (χ2v) is 7.89. The molecule has 3 aromatic carbocycles. The number of esters is 1. The maximum atomic E-state index is 12.5. The minimum Gasteiger partial charge on any atom is -0.490 e. The predicted molar refractivity (Wildman–Crippen MR) is 115 cm³/mol. The van der Waals surface area contributed by atoms with E-state index in [0.717, 1.165) is 40.4 Å². The van der Waals surface area contributed by atoms with Gasteiger partial charge in [-0.05, 0) is 48.4 Å². The molecule has 1 aliphatic heterocycles. The second kappa shape index (κ2) is 7.48. The van der Waals surface area contributed by atoms with Gasteiger partial charge in [-0.1, -0.05) is 42.5 Å². The van der Waals surface area contributed by atoms with Gasteiger partial charge in [0.2, 0.25) is 5.91 Å². The molecular weight excluding hydrogens is 378 g/mol. The van der Waals surface area contributed by atoms with Crippen LogP contribution in [0, 0.1) is 5.92 Å². The van der Waals surface area contributed by atoms with Crippen molar-refractivity contribution >= 4 is 28.3 Å². The van der Waals surface area contributed by atoms with Crippen molar-refractivity contribution in [2.75, 3.05) is 11.9 Å². The van der Waals surface area contributed by atoms with E-state index in [1.807, 2.05) is 43.3 Å². The number of anilines is 1. The minimum absolute atomic E-state index is 0.00829. The molecule has 0 unspecified atom stereocenters. The lowest BCUT2D eigenvalue weighted by molar-refractivity contribution is -0.135. The summed E-state index contributed by atoms with van der Waals surface area (Å²) in [5.74, 6) is 0.699. The summed E-state index contributed by atoms with van der Waals surface area (Å²) < 4.78 is 11.3. The van der Waals surface area contributed by atoms with E-state index in [1.165, 1.54) is 0 Å². The number of carbonyl (C=O) groups excluding carboxylic acids is 2. The summed E-state index contributed by atoms with van der Waals surface area (Å²) in [4.78, 5) is 24.7. The number of hydrogen-bond donors (Lipinski definition) is 1. The van der Waals surface area contributed by atoms with E-state index in [9.17, 15) is 9.59 Å². The molecule has 0 saturated heterocycles. The molecule has 1 saturated carbocycles. The average molecular weight is 401 g/mol. The zero-order chi connectivity index (χ0) is 20.7. The average Bonchev–Trinajstić information content (AvgIpc) is 3.60. The van der Waals surface area contributed by atoms with E-state index in [-0.39, 0.29) is 23.7 Å². The molecule has 0 aromatic heterocycles. The molecule has 3 aromatic rings. The van der Waals surface area contributed by atoms with Crippen LogP contribution in [-0.4, -0.2) is 18.5 Å². The van der Waals surface area contributed by atoms with Crippen molar-refractivity contribution in [1.82, 2.24) is 0 Å². The van der Waals surface area contributed by atoms with Gasteiger partial charge in [-0.25, -0.2) is 0 Å². The molecule has 2 aliphatic rings. The van der Waals surface area contributed by atoms with Crippen LogP contribution < -0.4 is 14.8 Å². The minimum atomic E-state index is -0.197. The first kappa shape index (κ1) is 18.7. The van der Waals surface area contributed by atoms with Crippen molar-refractivity contribution in [3.63, 3.8) is 0 Å². The van der Waals surface area contributed by atoms with Crippen molar-refractivity contribution in [3.8, 4) is 11.5 Å². The molecule has 1 N–H and O–H groups in total. The molecule has 0 spiro atoms. The summed E-state index contributed by atoms with van der Waals surface area (Å²) in [6.07, 6.45) is 2.14. The third-order valence-electron chi connectivity index (χ3n) is 5.78. The van der Waals surface area contributed by atoms with Gasteiger partial charge in [-0.3, -0.25) is 9.59 Å². The van der Waals surface area contributed by atoms with Gasteiger partial charge in [-0.15, -0.1) is 0 Å². The summed E-state index contributed by atoms with van der Waals surface area (Å²) >= 11 is 0. The maximum Gasteiger partial charge on any atom is 0.314 e. The normalized spacial score (nSPS) is 17.9. The largest absolute Gasteiger partial charge is 0.490 e. The molecular formula is C25H23NO4. The maximum absolute atomic E-state index is 12.5. The Morgan fingerprint density at radius 1 is 1.07 bits per heavy atom. The lowest BCUT2D eigenvalue weighted by Gasteiger charge is -2.27. The highest BCUT2D eigenvalue weighted by atomic mass is 16.6. The number of ether oxygens (including phenoxy) is 2. The number of hydrogen-bond acceptors (Lipinski definition) is 4. The van der Waals surface area contributed by atoms with Crippen LogP contribution in [-0.2, 0) is 9.59 Å². The Morgan fingerprint density at radius 3 is 2.70 bits per heavy atom. The van der Waals surface area contributed by atoms with Crippen molar-refractivity contribution in [2.45, 2.75) is 32.1 Å². The Balaban J connectivity index is 1.55. The first-order valence-corrected chi connectivity index (χ1v) is 10.4. The van der Waals surface area contributed by atoms with Crippen LogP contribution >= 0.6 is 0 Å². The number of amides is 1.